The average Bonchev–Trinajstić information content (AvgIpc) is 2.60. The molecule has 0 N–H and O–H groups in total. The van der Waals surface area contributed by atoms with E-state index in [9.17, 15) is 8.42 Å². The quantitative estimate of drug-likeness (QED) is 0.831. The van der Waals surface area contributed by atoms with Crippen LogP contribution in [0.5, 0.6) is 0 Å². The number of fused-ring (bicyclic) bond motifs is 1. The Bertz CT molecular complexity index is 797. The van der Waals surface area contributed by atoms with E-state index in [-0.39, 0.29) is 0 Å². The summed E-state index contributed by atoms with van der Waals surface area (Å²) < 4.78 is 25.0. The zero-order chi connectivity index (χ0) is 17.2. The second-order valence-electron chi connectivity index (χ2n) is 7.12. The van der Waals surface area contributed by atoms with Crippen LogP contribution in [0.2, 0.25) is 0 Å². The Morgan fingerprint density at radius 3 is 2.29 bits per heavy atom. The lowest BCUT2D eigenvalue weighted by molar-refractivity contribution is 0.242. The molecule has 1 aliphatic rings. The summed E-state index contributed by atoms with van der Waals surface area (Å²) >= 11 is 0. The van der Waals surface area contributed by atoms with Gasteiger partial charge in [-0.25, -0.2) is 8.42 Å². The highest BCUT2D eigenvalue weighted by atomic mass is 32.2. The number of hydrogen-bond donors (Lipinski definition) is 0. The molecule has 0 fully saturated rings. The molecule has 0 saturated heterocycles. The van der Waals surface area contributed by atoms with Crippen molar-refractivity contribution in [3.63, 3.8) is 0 Å². The summed E-state index contributed by atoms with van der Waals surface area (Å²) in [7, 11) is -3.33. The highest BCUT2D eigenvalue weighted by Gasteiger charge is 2.35. The molecule has 0 amide bonds. The number of nitrogens with zero attached hydrogens (tertiary/aromatic N) is 1. The Hall–Kier alpha value is -1.65. The Morgan fingerprint density at radius 2 is 1.58 bits per heavy atom. The van der Waals surface area contributed by atoms with Gasteiger partial charge in [0.05, 0.1) is 9.64 Å². The molecule has 0 spiro atoms. The van der Waals surface area contributed by atoms with E-state index in [1.807, 2.05) is 19.9 Å². The lowest BCUT2D eigenvalue weighted by Crippen LogP contribution is -2.38. The molecule has 1 aliphatic heterocycles. The van der Waals surface area contributed by atoms with E-state index in [2.05, 4.69) is 29.2 Å². The van der Waals surface area contributed by atoms with Crippen LogP contribution in [0.3, 0.4) is 0 Å². The Labute approximate surface area is 145 Å². The van der Waals surface area contributed by atoms with Gasteiger partial charge < -0.3 is 0 Å². The highest BCUT2D eigenvalue weighted by molar-refractivity contribution is 7.92. The highest BCUT2D eigenvalue weighted by Crippen LogP contribution is 2.29. The molecule has 4 heteroatoms. The van der Waals surface area contributed by atoms with Crippen molar-refractivity contribution in [1.29, 1.82) is 0 Å². The van der Waals surface area contributed by atoms with Crippen LogP contribution in [0.15, 0.2) is 59.5 Å². The van der Waals surface area contributed by atoms with E-state index in [4.69, 9.17) is 0 Å². The van der Waals surface area contributed by atoms with Crippen molar-refractivity contribution >= 4 is 9.84 Å². The summed E-state index contributed by atoms with van der Waals surface area (Å²) in [4.78, 5) is 2.78. The van der Waals surface area contributed by atoms with Gasteiger partial charge in [-0.1, -0.05) is 42.5 Å². The fourth-order valence-electron chi connectivity index (χ4n) is 3.23. The zero-order valence-electron chi connectivity index (χ0n) is 14.4. The topological polar surface area (TPSA) is 37.4 Å². The predicted molar refractivity (Wildman–Crippen MR) is 97.7 cm³/mol. The molecule has 0 aliphatic carbocycles. The van der Waals surface area contributed by atoms with Gasteiger partial charge >= 0.3 is 0 Å². The minimum Gasteiger partial charge on any atom is -0.299 e. The molecule has 2 aromatic rings. The molecule has 128 valence electrons. The first-order valence-corrected chi connectivity index (χ1v) is 9.97. The first kappa shape index (κ1) is 17.2. The number of benzene rings is 2. The van der Waals surface area contributed by atoms with Gasteiger partial charge in [-0.3, -0.25) is 4.90 Å². The third-order valence-electron chi connectivity index (χ3n) is 5.02. The predicted octanol–water partition coefficient (Wildman–Crippen LogP) is 3.69. The van der Waals surface area contributed by atoms with Crippen molar-refractivity contribution in [2.24, 2.45) is 0 Å². The van der Waals surface area contributed by atoms with Gasteiger partial charge in [-0.15, -0.1) is 0 Å². The maximum Gasteiger partial charge on any atom is 0.183 e. The Balaban J connectivity index is 1.68. The number of rotatable bonds is 5. The summed E-state index contributed by atoms with van der Waals surface area (Å²) in [6.45, 7) is 6.39. The summed E-state index contributed by atoms with van der Waals surface area (Å²) in [5.41, 5.74) is 2.79. The standard InChI is InChI=1S/C20H25NO2S/c1-20(2,24(22,23)19-10-4-3-5-11-19)13-15-21-14-12-17-8-6-7-9-18(17)16-21/h3-11H,12-16H2,1-2H3. The van der Waals surface area contributed by atoms with E-state index in [1.165, 1.54) is 11.1 Å². The third-order valence-corrected chi connectivity index (χ3v) is 7.57. The van der Waals surface area contributed by atoms with Gasteiger partial charge in [0.25, 0.3) is 0 Å². The normalized spacial score (nSPS) is 15.9. The second-order valence-corrected chi connectivity index (χ2v) is 9.70. The van der Waals surface area contributed by atoms with Crippen LogP contribution < -0.4 is 0 Å². The number of sulfone groups is 1. The lowest BCUT2D eigenvalue weighted by Gasteiger charge is -2.32. The van der Waals surface area contributed by atoms with Gasteiger partial charge in [0.1, 0.15) is 0 Å². The van der Waals surface area contributed by atoms with E-state index in [0.717, 1.165) is 26.1 Å². The molecule has 0 atom stereocenters. The molecule has 0 radical (unpaired) electrons. The summed E-state index contributed by atoms with van der Waals surface area (Å²) in [6.07, 6.45) is 1.68. The van der Waals surface area contributed by atoms with Crippen molar-refractivity contribution < 1.29 is 8.42 Å². The van der Waals surface area contributed by atoms with Crippen molar-refractivity contribution in [2.45, 2.75) is 42.9 Å². The van der Waals surface area contributed by atoms with E-state index >= 15 is 0 Å². The maximum absolute atomic E-state index is 12.9. The fourth-order valence-corrected chi connectivity index (χ4v) is 4.74. The molecular weight excluding hydrogens is 318 g/mol. The average molecular weight is 343 g/mol. The van der Waals surface area contributed by atoms with E-state index < -0.39 is 14.6 Å². The summed E-state index contributed by atoms with van der Waals surface area (Å²) in [5.74, 6) is 0. The van der Waals surface area contributed by atoms with E-state index in [1.54, 1.807) is 24.3 Å². The summed E-state index contributed by atoms with van der Waals surface area (Å²) in [5, 5.41) is 0. The van der Waals surface area contributed by atoms with Crippen molar-refractivity contribution in [3.8, 4) is 0 Å². The largest absolute Gasteiger partial charge is 0.299 e. The van der Waals surface area contributed by atoms with Crippen LogP contribution in [0, 0.1) is 0 Å². The van der Waals surface area contributed by atoms with Crippen LogP contribution >= 0.6 is 0 Å². The van der Waals surface area contributed by atoms with Crippen molar-refractivity contribution in [2.75, 3.05) is 13.1 Å². The molecule has 3 rings (SSSR count). The Kier molecular flexibility index (Phi) is 4.79. The van der Waals surface area contributed by atoms with Gasteiger partial charge in [0.15, 0.2) is 9.84 Å². The van der Waals surface area contributed by atoms with E-state index in [0.29, 0.717) is 11.3 Å². The first-order chi connectivity index (χ1) is 11.4. The monoisotopic (exact) mass is 343 g/mol. The minimum atomic E-state index is -3.33. The second kappa shape index (κ2) is 6.69. The Morgan fingerprint density at radius 1 is 0.958 bits per heavy atom. The third kappa shape index (κ3) is 3.40. The maximum atomic E-state index is 12.9. The molecule has 0 bridgehead atoms. The van der Waals surface area contributed by atoms with Gasteiger partial charge in [-0.05, 0) is 56.5 Å². The van der Waals surface area contributed by atoms with Crippen LogP contribution in [0.25, 0.3) is 0 Å². The van der Waals surface area contributed by atoms with Crippen molar-refractivity contribution in [1.82, 2.24) is 4.90 Å². The van der Waals surface area contributed by atoms with Gasteiger partial charge in [0, 0.05) is 13.1 Å². The molecule has 24 heavy (non-hydrogen) atoms. The smallest absolute Gasteiger partial charge is 0.183 e. The minimum absolute atomic E-state index is 0.416. The SMILES string of the molecule is CC(C)(CCN1CCc2ccccc2C1)S(=O)(=O)c1ccccc1. The first-order valence-electron chi connectivity index (χ1n) is 8.49. The van der Waals surface area contributed by atoms with Crippen molar-refractivity contribution in [3.05, 3.63) is 65.7 Å². The van der Waals surface area contributed by atoms with Gasteiger partial charge in [0.2, 0.25) is 0 Å². The molecule has 1 heterocycles. The van der Waals surface area contributed by atoms with Gasteiger partial charge in [-0.2, -0.15) is 0 Å². The van der Waals surface area contributed by atoms with Crippen LogP contribution in [0.4, 0.5) is 0 Å². The molecule has 3 nitrogen and oxygen atoms in total. The molecule has 0 saturated carbocycles. The molecule has 0 unspecified atom stereocenters. The summed E-state index contributed by atoms with van der Waals surface area (Å²) in [6, 6.07) is 17.3. The molecular formula is C20H25NO2S. The zero-order valence-corrected chi connectivity index (χ0v) is 15.2. The van der Waals surface area contributed by atoms with Crippen LogP contribution in [-0.4, -0.2) is 31.2 Å². The van der Waals surface area contributed by atoms with Crippen LogP contribution in [0.1, 0.15) is 31.4 Å². The molecule has 0 aromatic heterocycles. The number of hydrogen-bond acceptors (Lipinski definition) is 3. The van der Waals surface area contributed by atoms with Crippen LogP contribution in [-0.2, 0) is 22.8 Å². The fraction of sp³-hybridized carbons (Fsp3) is 0.400. The lowest BCUT2D eigenvalue weighted by atomic mass is 9.99. The molecule has 2 aromatic carbocycles.